The zero-order chi connectivity index (χ0) is 23.4. The monoisotopic (exact) mass is 445 g/mol. The van der Waals surface area contributed by atoms with Gasteiger partial charge in [-0.15, -0.1) is 0 Å². The van der Waals surface area contributed by atoms with Crippen LogP contribution in [0.15, 0.2) is 12.1 Å². The van der Waals surface area contributed by atoms with E-state index < -0.39 is 41.3 Å². The van der Waals surface area contributed by atoms with Crippen LogP contribution in [0.4, 0.5) is 0 Å². The molecule has 0 aliphatic heterocycles. The average molecular weight is 446 g/mol. The molecular weight excluding hydrogens is 414 g/mol. The Balaban J connectivity index is 1.75. The van der Waals surface area contributed by atoms with E-state index in [4.69, 9.17) is 16.6 Å². The highest BCUT2D eigenvalue weighted by atomic mass is 16.4. The molecule has 1 unspecified atom stereocenters. The second-order valence-corrected chi connectivity index (χ2v) is 9.85. The number of fused-ring (bicyclic) bond motifs is 1. The molecule has 0 heterocycles. The molecule has 6 atom stereocenters. The summed E-state index contributed by atoms with van der Waals surface area (Å²) in [7, 11) is 0. The summed E-state index contributed by atoms with van der Waals surface area (Å²) in [6, 6.07) is 1.83. The zero-order valence-electron chi connectivity index (χ0n) is 18.1. The van der Waals surface area contributed by atoms with Gasteiger partial charge in [0.1, 0.15) is 5.75 Å². The molecule has 9 heteroatoms. The van der Waals surface area contributed by atoms with Crippen LogP contribution < -0.4 is 16.8 Å². The predicted molar refractivity (Wildman–Crippen MR) is 115 cm³/mol. The maximum absolute atomic E-state index is 12.5. The highest BCUT2D eigenvalue weighted by molar-refractivity contribution is 5.96. The van der Waals surface area contributed by atoms with Gasteiger partial charge in [0.2, 0.25) is 5.91 Å². The molecule has 0 spiro atoms. The van der Waals surface area contributed by atoms with Crippen molar-refractivity contribution in [3.63, 3.8) is 0 Å². The third-order valence-electron chi connectivity index (χ3n) is 8.15. The molecule has 1 aromatic rings. The van der Waals surface area contributed by atoms with Crippen LogP contribution in [0, 0.1) is 11.8 Å². The summed E-state index contributed by atoms with van der Waals surface area (Å²) in [4.78, 5) is 35.3. The molecule has 3 aliphatic rings. The molecule has 2 bridgehead atoms. The normalized spacial score (nSPS) is 34.0. The molecule has 4 rings (SSSR count). The quantitative estimate of drug-likeness (QED) is 0.383. The maximum Gasteiger partial charge on any atom is 0.305 e. The topological polar surface area (TPSA) is 176 Å². The number of benzene rings is 1. The van der Waals surface area contributed by atoms with Gasteiger partial charge in [-0.05, 0) is 62.0 Å². The van der Waals surface area contributed by atoms with Crippen molar-refractivity contribution in [3.05, 3.63) is 28.8 Å². The molecule has 2 fully saturated rings. The number of rotatable bonds is 5. The summed E-state index contributed by atoms with van der Waals surface area (Å²) in [5.41, 5.74) is 10.8. The molecular formula is C23H31N3O6. The van der Waals surface area contributed by atoms with Crippen LogP contribution in [0.25, 0.3) is 0 Å². The number of carbonyl (C=O) groups is 3. The first-order chi connectivity index (χ1) is 15.0. The molecule has 3 aliphatic carbocycles. The van der Waals surface area contributed by atoms with Gasteiger partial charge >= 0.3 is 5.97 Å². The van der Waals surface area contributed by atoms with Crippen LogP contribution >= 0.6 is 0 Å². The fourth-order valence-corrected chi connectivity index (χ4v) is 6.64. The van der Waals surface area contributed by atoms with E-state index in [1.165, 1.54) is 6.07 Å². The molecule has 174 valence electrons. The van der Waals surface area contributed by atoms with Crippen molar-refractivity contribution in [2.24, 2.45) is 23.3 Å². The third kappa shape index (κ3) is 3.26. The Morgan fingerprint density at radius 1 is 1.25 bits per heavy atom. The summed E-state index contributed by atoms with van der Waals surface area (Å²) in [5.74, 6) is -2.35. The van der Waals surface area contributed by atoms with E-state index in [2.05, 4.69) is 12.2 Å². The third-order valence-corrected chi connectivity index (χ3v) is 8.15. The van der Waals surface area contributed by atoms with Gasteiger partial charge in [-0.2, -0.15) is 0 Å². The Morgan fingerprint density at radius 2 is 1.97 bits per heavy atom. The Hall–Kier alpha value is -2.65. The fourth-order valence-electron chi connectivity index (χ4n) is 6.64. The van der Waals surface area contributed by atoms with Gasteiger partial charge in [0.15, 0.2) is 0 Å². The number of nitrogens with one attached hydrogen (secondary N) is 1. The number of carbonyl (C=O) groups excluding carboxylic acids is 2. The first-order valence-corrected chi connectivity index (χ1v) is 11.2. The molecule has 0 radical (unpaired) electrons. The van der Waals surface area contributed by atoms with Gasteiger partial charge in [0, 0.05) is 17.0 Å². The number of aliphatic hydroxyl groups is 1. The predicted octanol–water partition coefficient (Wildman–Crippen LogP) is 0.533. The standard InChI is InChI=1S/C23H31N3O6/c1-11-4-6-22-10-13(26-21(31)16(24)9-17(27)28)5-7-23(22,32)15(11)8-12-2-3-14(20(25)30)19(29)18(12)22/h2-3,11,13,15-16,29,32H,4-10,24H2,1H3,(H2,25,30)(H,26,31)(H,27,28)/t11?,13-,15+,16+,22-,23-/m1/s1. The van der Waals surface area contributed by atoms with Crippen molar-refractivity contribution < 1.29 is 29.7 Å². The van der Waals surface area contributed by atoms with Gasteiger partial charge in [-0.1, -0.05) is 13.0 Å². The van der Waals surface area contributed by atoms with Gasteiger partial charge in [-0.3, -0.25) is 14.4 Å². The van der Waals surface area contributed by atoms with E-state index in [-0.39, 0.29) is 29.2 Å². The molecule has 32 heavy (non-hydrogen) atoms. The number of amides is 2. The summed E-state index contributed by atoms with van der Waals surface area (Å²) >= 11 is 0. The molecule has 0 aromatic heterocycles. The minimum absolute atomic E-state index is 0.00602. The molecule has 1 aromatic carbocycles. The summed E-state index contributed by atoms with van der Waals surface area (Å²) in [6.07, 6.45) is 2.85. The minimum atomic E-state index is -1.17. The lowest BCUT2D eigenvalue weighted by atomic mass is 9.43. The van der Waals surface area contributed by atoms with Crippen molar-refractivity contribution in [1.29, 1.82) is 0 Å². The van der Waals surface area contributed by atoms with Crippen molar-refractivity contribution in [3.8, 4) is 5.75 Å². The summed E-state index contributed by atoms with van der Waals surface area (Å²) in [6.45, 7) is 2.13. The van der Waals surface area contributed by atoms with E-state index in [0.717, 1.165) is 12.0 Å². The molecule has 2 amide bonds. The van der Waals surface area contributed by atoms with Gasteiger partial charge < -0.3 is 32.1 Å². The first-order valence-electron chi connectivity index (χ1n) is 11.2. The lowest BCUT2D eigenvalue weighted by Crippen LogP contribution is -2.68. The number of primary amides is 1. The number of hydrogen-bond donors (Lipinski definition) is 6. The number of nitrogens with two attached hydrogens (primary N) is 2. The Bertz CT molecular complexity index is 981. The second-order valence-electron chi connectivity index (χ2n) is 9.85. The number of hydrogen-bond acceptors (Lipinski definition) is 6. The van der Waals surface area contributed by atoms with Gasteiger partial charge in [0.05, 0.1) is 23.6 Å². The van der Waals surface area contributed by atoms with Crippen LogP contribution in [-0.2, 0) is 21.4 Å². The van der Waals surface area contributed by atoms with E-state index >= 15 is 0 Å². The first kappa shape index (κ1) is 22.5. The molecule has 8 N–H and O–H groups in total. The van der Waals surface area contributed by atoms with E-state index in [1.807, 2.05) is 6.07 Å². The second kappa shape index (κ2) is 7.74. The van der Waals surface area contributed by atoms with E-state index in [1.54, 1.807) is 0 Å². The van der Waals surface area contributed by atoms with Crippen LogP contribution in [0.1, 0.15) is 66.9 Å². The average Bonchev–Trinajstić information content (AvgIpc) is 2.70. The summed E-state index contributed by atoms with van der Waals surface area (Å²) < 4.78 is 0. The summed E-state index contributed by atoms with van der Waals surface area (Å²) in [5, 5.41) is 35.0. The Kier molecular flexibility index (Phi) is 5.45. The number of phenols is 1. The van der Waals surface area contributed by atoms with Crippen molar-refractivity contribution in [2.75, 3.05) is 0 Å². The highest BCUT2D eigenvalue weighted by Gasteiger charge is 2.65. The van der Waals surface area contributed by atoms with Crippen LogP contribution in [0.3, 0.4) is 0 Å². The number of carboxylic acid groups (broad SMARTS) is 1. The number of aromatic hydroxyl groups is 1. The van der Waals surface area contributed by atoms with Gasteiger partial charge in [-0.25, -0.2) is 0 Å². The van der Waals surface area contributed by atoms with E-state index in [9.17, 15) is 24.6 Å². The minimum Gasteiger partial charge on any atom is -0.507 e. The smallest absolute Gasteiger partial charge is 0.305 e. The van der Waals surface area contributed by atoms with Crippen molar-refractivity contribution >= 4 is 17.8 Å². The van der Waals surface area contributed by atoms with Crippen molar-refractivity contribution in [1.82, 2.24) is 5.32 Å². The number of aliphatic carboxylic acids is 1. The van der Waals surface area contributed by atoms with Crippen LogP contribution in [0.5, 0.6) is 5.75 Å². The number of carboxylic acids is 1. The lowest BCUT2D eigenvalue weighted by Gasteiger charge is -2.63. The lowest BCUT2D eigenvalue weighted by molar-refractivity contribution is -0.168. The largest absolute Gasteiger partial charge is 0.507 e. The van der Waals surface area contributed by atoms with Gasteiger partial charge in [0.25, 0.3) is 5.91 Å². The maximum atomic E-state index is 12.5. The van der Waals surface area contributed by atoms with Crippen LogP contribution in [-0.4, -0.2) is 50.8 Å². The van der Waals surface area contributed by atoms with E-state index in [0.29, 0.717) is 37.7 Å². The Morgan fingerprint density at radius 3 is 2.62 bits per heavy atom. The highest BCUT2D eigenvalue weighted by Crippen LogP contribution is 2.64. The zero-order valence-corrected chi connectivity index (χ0v) is 18.1. The molecule has 9 nitrogen and oxygen atoms in total. The van der Waals surface area contributed by atoms with Crippen LogP contribution in [0.2, 0.25) is 0 Å². The SMILES string of the molecule is CC1CC[C@]23C[C@H](NC(=O)[C@@H](N)CC(=O)O)CC[C@@]2(O)[C@H]1Cc1ccc(C(N)=O)c(O)c13. The molecule has 2 saturated carbocycles. The fraction of sp³-hybridized carbons (Fsp3) is 0.609. The molecule has 0 saturated heterocycles. The van der Waals surface area contributed by atoms with Crippen molar-refractivity contribution in [2.45, 2.75) is 75.0 Å². The Labute approximate surface area is 186 Å².